The maximum Gasteiger partial charge on any atom is 0.302 e. The van der Waals surface area contributed by atoms with Crippen LogP contribution < -0.4 is 0 Å². The van der Waals surface area contributed by atoms with Crippen molar-refractivity contribution in [2.45, 2.75) is 142 Å². The van der Waals surface area contributed by atoms with Crippen molar-refractivity contribution >= 4 is 5.97 Å². The Morgan fingerprint density at radius 1 is 0.909 bits per heavy atom. The molecule has 0 amide bonds. The molecule has 4 aliphatic rings. The molecular formula is C29H50O4. The summed E-state index contributed by atoms with van der Waals surface area (Å²) in [6, 6.07) is 0. The summed E-state index contributed by atoms with van der Waals surface area (Å²) in [6.45, 7) is 8.58. The molecule has 4 saturated carbocycles. The molecule has 190 valence electrons. The number of aliphatic hydroxyl groups is 2. The van der Waals surface area contributed by atoms with Gasteiger partial charge >= 0.3 is 5.97 Å². The van der Waals surface area contributed by atoms with E-state index >= 15 is 0 Å². The van der Waals surface area contributed by atoms with Crippen LogP contribution >= 0.6 is 0 Å². The van der Waals surface area contributed by atoms with Gasteiger partial charge in [0.15, 0.2) is 0 Å². The Morgan fingerprint density at radius 2 is 1.58 bits per heavy atom. The van der Waals surface area contributed by atoms with E-state index in [0.717, 1.165) is 32.1 Å². The minimum absolute atomic E-state index is 0.0268. The molecule has 4 fully saturated rings. The Morgan fingerprint density at radius 3 is 2.30 bits per heavy atom. The second-order valence-corrected chi connectivity index (χ2v) is 12.8. The van der Waals surface area contributed by atoms with E-state index in [4.69, 9.17) is 4.74 Å². The van der Waals surface area contributed by atoms with Gasteiger partial charge in [-0.15, -0.1) is 0 Å². The molecule has 0 saturated heterocycles. The molecule has 0 aromatic rings. The Labute approximate surface area is 202 Å². The Bertz CT molecular complexity index is 693. The van der Waals surface area contributed by atoms with Crippen LogP contribution in [0.3, 0.4) is 0 Å². The average Bonchev–Trinajstić information content (AvgIpc) is 3.09. The molecule has 33 heavy (non-hydrogen) atoms. The first-order valence-corrected chi connectivity index (χ1v) is 14.2. The van der Waals surface area contributed by atoms with E-state index in [1.807, 2.05) is 0 Å². The summed E-state index contributed by atoms with van der Waals surface area (Å²) in [5.74, 6) is 1.18. The predicted octanol–water partition coefficient (Wildman–Crippen LogP) is 6.41. The van der Waals surface area contributed by atoms with Gasteiger partial charge in [0.05, 0.1) is 11.7 Å². The second kappa shape index (κ2) is 9.80. The molecule has 2 N–H and O–H groups in total. The lowest BCUT2D eigenvalue weighted by Crippen LogP contribution is -2.69. The number of ether oxygens (including phenoxy) is 1. The highest BCUT2D eigenvalue weighted by molar-refractivity contribution is 5.66. The number of rotatable bonds is 8. The third-order valence-electron chi connectivity index (χ3n) is 11.2. The van der Waals surface area contributed by atoms with Gasteiger partial charge in [-0.3, -0.25) is 4.79 Å². The zero-order chi connectivity index (χ0) is 23.9. The highest BCUT2D eigenvalue weighted by atomic mass is 16.5. The standard InChI is InChI=1S/C29H50O4/c1-5-6-7-8-9-10-11-21-12-13-24-27(21,3)17-15-25-28(4)16-14-23(33-20(2)30)18-22(28)19-26(31)29(24,25)32/h21-26,31-32H,5-19H2,1-4H3/t21-,22+,23-,24+,25+,26-,27+,28-,29+/m0/s1. The van der Waals surface area contributed by atoms with Crippen molar-refractivity contribution < 1.29 is 19.7 Å². The topological polar surface area (TPSA) is 66.8 Å². The summed E-state index contributed by atoms with van der Waals surface area (Å²) in [4.78, 5) is 11.5. The summed E-state index contributed by atoms with van der Waals surface area (Å²) >= 11 is 0. The minimum atomic E-state index is -0.956. The van der Waals surface area contributed by atoms with E-state index in [9.17, 15) is 15.0 Å². The second-order valence-electron chi connectivity index (χ2n) is 12.8. The highest BCUT2D eigenvalue weighted by Crippen LogP contribution is 2.69. The van der Waals surface area contributed by atoms with E-state index in [0.29, 0.717) is 18.3 Å². The fraction of sp³-hybridized carbons (Fsp3) is 0.966. The average molecular weight is 463 g/mol. The monoisotopic (exact) mass is 462 g/mol. The van der Waals surface area contributed by atoms with Crippen LogP contribution in [-0.2, 0) is 9.53 Å². The van der Waals surface area contributed by atoms with Gasteiger partial charge in [-0.25, -0.2) is 0 Å². The van der Waals surface area contributed by atoms with Gasteiger partial charge in [-0.1, -0.05) is 59.3 Å². The third-order valence-corrected chi connectivity index (χ3v) is 11.2. The maximum atomic E-state index is 12.4. The number of carbonyl (C=O) groups is 1. The van der Waals surface area contributed by atoms with Gasteiger partial charge in [-0.05, 0) is 92.3 Å². The van der Waals surface area contributed by atoms with E-state index in [1.54, 1.807) is 0 Å². The number of unbranched alkanes of at least 4 members (excludes halogenated alkanes) is 5. The number of hydrogen-bond donors (Lipinski definition) is 2. The number of esters is 1. The zero-order valence-corrected chi connectivity index (χ0v) is 21.8. The molecule has 0 aromatic carbocycles. The van der Waals surface area contributed by atoms with Crippen molar-refractivity contribution in [3.63, 3.8) is 0 Å². The molecule has 4 aliphatic carbocycles. The third kappa shape index (κ3) is 4.41. The normalized spacial score (nSPS) is 46.8. The molecule has 4 nitrogen and oxygen atoms in total. The van der Waals surface area contributed by atoms with Crippen molar-refractivity contribution in [3.8, 4) is 0 Å². The quantitative estimate of drug-likeness (QED) is 0.323. The Kier molecular flexibility index (Phi) is 7.57. The summed E-state index contributed by atoms with van der Waals surface area (Å²) in [5, 5.41) is 23.8. The Hall–Kier alpha value is -0.610. The molecule has 0 bridgehead atoms. The number of carbonyl (C=O) groups excluding carboxylic acids is 1. The molecule has 0 heterocycles. The molecule has 4 rings (SSSR count). The van der Waals surface area contributed by atoms with Gasteiger partial charge in [0, 0.05) is 6.92 Å². The maximum absolute atomic E-state index is 12.4. The molecular weight excluding hydrogens is 412 g/mol. The molecule has 9 atom stereocenters. The summed E-state index contributed by atoms with van der Waals surface area (Å²) in [6.07, 6.45) is 16.5. The molecule has 0 unspecified atom stereocenters. The van der Waals surface area contributed by atoms with Crippen LogP contribution in [0, 0.1) is 34.5 Å². The summed E-state index contributed by atoms with van der Waals surface area (Å²) in [5.41, 5.74) is -0.764. The largest absolute Gasteiger partial charge is 0.463 e. The van der Waals surface area contributed by atoms with Crippen molar-refractivity contribution in [2.24, 2.45) is 34.5 Å². The van der Waals surface area contributed by atoms with Crippen LogP contribution in [0.5, 0.6) is 0 Å². The summed E-state index contributed by atoms with van der Waals surface area (Å²) in [7, 11) is 0. The van der Waals surface area contributed by atoms with Gasteiger partial charge in [0.1, 0.15) is 6.10 Å². The van der Waals surface area contributed by atoms with Crippen molar-refractivity contribution in [1.82, 2.24) is 0 Å². The van der Waals surface area contributed by atoms with Crippen molar-refractivity contribution in [2.75, 3.05) is 0 Å². The van der Waals surface area contributed by atoms with Crippen LogP contribution in [0.25, 0.3) is 0 Å². The fourth-order valence-electron chi connectivity index (χ4n) is 9.35. The lowest BCUT2D eigenvalue weighted by molar-refractivity contribution is -0.271. The molecule has 4 heteroatoms. The zero-order valence-electron chi connectivity index (χ0n) is 21.8. The van der Waals surface area contributed by atoms with Crippen LogP contribution in [0.15, 0.2) is 0 Å². The van der Waals surface area contributed by atoms with Gasteiger partial charge in [0.25, 0.3) is 0 Å². The molecule has 0 spiro atoms. The van der Waals surface area contributed by atoms with E-state index in [1.165, 1.54) is 64.7 Å². The van der Waals surface area contributed by atoms with Gasteiger partial charge in [0.2, 0.25) is 0 Å². The summed E-state index contributed by atoms with van der Waals surface area (Å²) < 4.78 is 5.57. The highest BCUT2D eigenvalue weighted by Gasteiger charge is 2.69. The number of fused-ring (bicyclic) bond motifs is 5. The first-order valence-electron chi connectivity index (χ1n) is 14.2. The lowest BCUT2D eigenvalue weighted by atomic mass is 9.42. The minimum Gasteiger partial charge on any atom is -0.463 e. The van der Waals surface area contributed by atoms with Crippen LogP contribution in [0.1, 0.15) is 124 Å². The molecule has 0 aliphatic heterocycles. The first-order chi connectivity index (χ1) is 15.7. The van der Waals surface area contributed by atoms with Crippen molar-refractivity contribution in [1.29, 1.82) is 0 Å². The first kappa shape index (κ1) is 25.5. The number of hydrogen-bond acceptors (Lipinski definition) is 4. The van der Waals surface area contributed by atoms with Crippen molar-refractivity contribution in [3.05, 3.63) is 0 Å². The lowest BCUT2D eigenvalue weighted by Gasteiger charge is -2.66. The van der Waals surface area contributed by atoms with Crippen LogP contribution in [0.2, 0.25) is 0 Å². The van der Waals surface area contributed by atoms with E-state index in [2.05, 4.69) is 20.8 Å². The van der Waals surface area contributed by atoms with E-state index in [-0.39, 0.29) is 34.7 Å². The fourth-order valence-corrected chi connectivity index (χ4v) is 9.35. The van der Waals surface area contributed by atoms with Gasteiger partial charge < -0.3 is 14.9 Å². The van der Waals surface area contributed by atoms with Crippen LogP contribution in [-0.4, -0.2) is 34.0 Å². The molecule has 0 aromatic heterocycles. The van der Waals surface area contributed by atoms with Gasteiger partial charge in [-0.2, -0.15) is 0 Å². The van der Waals surface area contributed by atoms with E-state index < -0.39 is 11.7 Å². The Balaban J connectivity index is 1.45. The van der Waals surface area contributed by atoms with Crippen LogP contribution in [0.4, 0.5) is 0 Å². The predicted molar refractivity (Wildman–Crippen MR) is 132 cm³/mol. The SMILES string of the molecule is CCCCCCCC[C@H]1CC[C@@H]2[C@]1(C)CC[C@@H]1[C@@]3(C)CC[C@H](OC(C)=O)C[C@@H]3C[C@H](O)[C@]12O. The number of aliphatic hydroxyl groups excluding tert-OH is 1. The molecule has 0 radical (unpaired) electrons. The smallest absolute Gasteiger partial charge is 0.302 e.